The van der Waals surface area contributed by atoms with Crippen molar-refractivity contribution in [2.75, 3.05) is 7.11 Å². The van der Waals surface area contributed by atoms with E-state index in [1.54, 1.807) is 7.11 Å². The molecular formula is C15H20O2. The summed E-state index contributed by atoms with van der Waals surface area (Å²) in [7, 11) is 1.67. The normalized spacial score (nSPS) is 22.2. The van der Waals surface area contributed by atoms with Crippen LogP contribution in [0, 0.1) is 5.92 Å². The minimum absolute atomic E-state index is 0.220. The molecule has 92 valence electrons. The second-order valence-electron chi connectivity index (χ2n) is 4.88. The molecule has 2 unspecified atom stereocenters. The highest BCUT2D eigenvalue weighted by Crippen LogP contribution is 2.34. The van der Waals surface area contributed by atoms with Gasteiger partial charge in [0.2, 0.25) is 0 Å². The summed E-state index contributed by atoms with van der Waals surface area (Å²) < 4.78 is 5.15. The van der Waals surface area contributed by atoms with Gasteiger partial charge >= 0.3 is 0 Å². The Labute approximate surface area is 103 Å². The van der Waals surface area contributed by atoms with Crippen LogP contribution in [-0.4, -0.2) is 12.9 Å². The van der Waals surface area contributed by atoms with Gasteiger partial charge in [0.1, 0.15) is 11.5 Å². The van der Waals surface area contributed by atoms with Gasteiger partial charge < -0.3 is 4.74 Å². The van der Waals surface area contributed by atoms with Crippen molar-refractivity contribution >= 4 is 5.78 Å². The van der Waals surface area contributed by atoms with Crippen molar-refractivity contribution in [2.45, 2.75) is 38.5 Å². The highest BCUT2D eigenvalue weighted by molar-refractivity contribution is 5.82. The predicted octanol–water partition coefficient (Wildman–Crippen LogP) is 3.56. The largest absolute Gasteiger partial charge is 0.497 e. The molecule has 1 aliphatic rings. The molecule has 1 aliphatic carbocycles. The first-order chi connectivity index (χ1) is 8.22. The zero-order valence-corrected chi connectivity index (χ0v) is 10.6. The fourth-order valence-corrected chi connectivity index (χ4v) is 2.68. The number of carbonyl (C=O) groups excluding carboxylic acids is 1. The lowest BCUT2D eigenvalue weighted by Crippen LogP contribution is -2.24. The maximum atomic E-state index is 11.9. The van der Waals surface area contributed by atoms with Crippen LogP contribution >= 0.6 is 0 Å². The van der Waals surface area contributed by atoms with E-state index in [9.17, 15) is 4.79 Å². The van der Waals surface area contributed by atoms with Gasteiger partial charge in [0, 0.05) is 12.3 Å². The number of methoxy groups -OCH3 is 1. The van der Waals surface area contributed by atoms with Gasteiger partial charge in [-0.2, -0.15) is 0 Å². The number of benzene rings is 1. The highest BCUT2D eigenvalue weighted by Gasteiger charge is 2.28. The quantitative estimate of drug-likeness (QED) is 0.796. The molecule has 2 heteroatoms. The fourth-order valence-electron chi connectivity index (χ4n) is 2.68. The summed E-state index contributed by atoms with van der Waals surface area (Å²) in [5.41, 5.74) is 1.24. The molecule has 0 amide bonds. The monoisotopic (exact) mass is 232 g/mol. The minimum Gasteiger partial charge on any atom is -0.497 e. The molecule has 0 spiro atoms. The standard InChI is InChI=1S/C15H20O2/c1-11(14-5-3-4-6-15(14)16)12-7-9-13(17-2)10-8-12/h7-11,14H,3-6H2,1-2H3. The molecule has 1 aromatic rings. The molecule has 0 aliphatic heterocycles. The van der Waals surface area contributed by atoms with Gasteiger partial charge in [-0.15, -0.1) is 0 Å². The van der Waals surface area contributed by atoms with Crippen LogP contribution in [0.3, 0.4) is 0 Å². The summed E-state index contributed by atoms with van der Waals surface area (Å²) in [4.78, 5) is 11.9. The molecule has 1 aromatic carbocycles. The smallest absolute Gasteiger partial charge is 0.136 e. The lowest BCUT2D eigenvalue weighted by Gasteiger charge is -2.26. The van der Waals surface area contributed by atoms with E-state index >= 15 is 0 Å². The fraction of sp³-hybridized carbons (Fsp3) is 0.533. The Balaban J connectivity index is 2.12. The average Bonchev–Trinajstić information content (AvgIpc) is 2.39. The van der Waals surface area contributed by atoms with Gasteiger partial charge in [-0.25, -0.2) is 0 Å². The first kappa shape index (κ1) is 12.2. The van der Waals surface area contributed by atoms with E-state index in [4.69, 9.17) is 4.74 Å². The van der Waals surface area contributed by atoms with Crippen LogP contribution in [0.15, 0.2) is 24.3 Å². The lowest BCUT2D eigenvalue weighted by molar-refractivity contribution is -0.125. The van der Waals surface area contributed by atoms with Crippen molar-refractivity contribution in [1.29, 1.82) is 0 Å². The van der Waals surface area contributed by atoms with Gasteiger partial charge in [0.15, 0.2) is 0 Å². The summed E-state index contributed by atoms with van der Waals surface area (Å²) in [6, 6.07) is 8.09. The SMILES string of the molecule is COc1ccc(C(C)C2CCCCC2=O)cc1. The molecule has 17 heavy (non-hydrogen) atoms. The van der Waals surface area contributed by atoms with E-state index in [1.807, 2.05) is 12.1 Å². The lowest BCUT2D eigenvalue weighted by atomic mass is 9.77. The van der Waals surface area contributed by atoms with Crippen LogP contribution in [-0.2, 0) is 4.79 Å². The van der Waals surface area contributed by atoms with Crippen molar-refractivity contribution in [3.63, 3.8) is 0 Å². The van der Waals surface area contributed by atoms with Crippen molar-refractivity contribution in [3.05, 3.63) is 29.8 Å². The van der Waals surface area contributed by atoms with Crippen molar-refractivity contribution < 1.29 is 9.53 Å². The van der Waals surface area contributed by atoms with Crippen LogP contribution < -0.4 is 4.74 Å². The Hall–Kier alpha value is -1.31. The van der Waals surface area contributed by atoms with Gasteiger partial charge in [0.25, 0.3) is 0 Å². The van der Waals surface area contributed by atoms with Crippen LogP contribution in [0.25, 0.3) is 0 Å². The second kappa shape index (κ2) is 5.35. The molecule has 2 nitrogen and oxygen atoms in total. The molecule has 1 fully saturated rings. The van der Waals surface area contributed by atoms with E-state index in [2.05, 4.69) is 19.1 Å². The van der Waals surface area contributed by atoms with Gasteiger partial charge in [0.05, 0.1) is 7.11 Å². The van der Waals surface area contributed by atoms with Gasteiger partial charge in [-0.05, 0) is 36.5 Å². The molecule has 0 saturated heterocycles. The first-order valence-electron chi connectivity index (χ1n) is 6.39. The summed E-state index contributed by atoms with van der Waals surface area (Å²) in [6.45, 7) is 2.16. The molecule has 2 rings (SSSR count). The van der Waals surface area contributed by atoms with E-state index < -0.39 is 0 Å². The third-order valence-electron chi connectivity index (χ3n) is 3.85. The number of ketones is 1. The Bertz CT molecular complexity index is 380. The van der Waals surface area contributed by atoms with E-state index in [0.717, 1.165) is 25.0 Å². The minimum atomic E-state index is 0.220. The number of Topliss-reactive ketones (excluding diaryl/α,β-unsaturated/α-hetero) is 1. The van der Waals surface area contributed by atoms with Crippen LogP contribution in [0.2, 0.25) is 0 Å². The molecule has 1 saturated carbocycles. The maximum Gasteiger partial charge on any atom is 0.136 e. The van der Waals surface area contributed by atoms with Crippen molar-refractivity contribution in [3.8, 4) is 5.75 Å². The summed E-state index contributed by atoms with van der Waals surface area (Å²) >= 11 is 0. The highest BCUT2D eigenvalue weighted by atomic mass is 16.5. The van der Waals surface area contributed by atoms with Crippen LogP contribution in [0.5, 0.6) is 5.75 Å². The third-order valence-corrected chi connectivity index (χ3v) is 3.85. The Morgan fingerprint density at radius 1 is 1.24 bits per heavy atom. The third kappa shape index (κ3) is 2.68. The van der Waals surface area contributed by atoms with Crippen molar-refractivity contribution in [2.24, 2.45) is 5.92 Å². The van der Waals surface area contributed by atoms with Crippen molar-refractivity contribution in [1.82, 2.24) is 0 Å². The molecule has 0 N–H and O–H groups in total. The number of ether oxygens (including phenoxy) is 1. The number of rotatable bonds is 3. The summed E-state index contributed by atoms with van der Waals surface area (Å²) in [5.74, 6) is 1.86. The Morgan fingerprint density at radius 3 is 2.53 bits per heavy atom. The molecule has 0 aromatic heterocycles. The van der Waals surface area contributed by atoms with E-state index in [1.165, 1.54) is 12.0 Å². The molecule has 0 radical (unpaired) electrons. The maximum absolute atomic E-state index is 11.9. The number of hydrogen-bond acceptors (Lipinski definition) is 2. The topological polar surface area (TPSA) is 26.3 Å². The Morgan fingerprint density at radius 2 is 1.94 bits per heavy atom. The average molecular weight is 232 g/mol. The molecule has 0 bridgehead atoms. The summed E-state index contributed by atoms with van der Waals surface area (Å²) in [5, 5.41) is 0. The van der Waals surface area contributed by atoms with Gasteiger partial charge in [-0.1, -0.05) is 25.5 Å². The van der Waals surface area contributed by atoms with E-state index in [0.29, 0.717) is 11.7 Å². The second-order valence-corrected chi connectivity index (χ2v) is 4.88. The zero-order chi connectivity index (χ0) is 12.3. The Kier molecular flexibility index (Phi) is 3.82. The summed E-state index contributed by atoms with van der Waals surface area (Å²) in [6.07, 6.45) is 4.08. The predicted molar refractivity (Wildman–Crippen MR) is 68.4 cm³/mol. The number of hydrogen-bond donors (Lipinski definition) is 0. The van der Waals surface area contributed by atoms with Gasteiger partial charge in [-0.3, -0.25) is 4.79 Å². The molecule has 2 atom stereocenters. The molecule has 0 heterocycles. The first-order valence-corrected chi connectivity index (χ1v) is 6.39. The van der Waals surface area contributed by atoms with Crippen LogP contribution in [0.4, 0.5) is 0 Å². The molecular weight excluding hydrogens is 212 g/mol. The number of carbonyl (C=O) groups is 1. The van der Waals surface area contributed by atoms with Crippen LogP contribution in [0.1, 0.15) is 44.1 Å². The van der Waals surface area contributed by atoms with E-state index in [-0.39, 0.29) is 5.92 Å². The zero-order valence-electron chi connectivity index (χ0n) is 10.6.